The lowest BCUT2D eigenvalue weighted by atomic mass is 10.2. The molecule has 26 heavy (non-hydrogen) atoms. The van der Waals surface area contributed by atoms with Crippen LogP contribution in [0.2, 0.25) is 0 Å². The summed E-state index contributed by atoms with van der Waals surface area (Å²) in [5.74, 6) is -0.251. The van der Waals surface area contributed by atoms with E-state index < -0.39 is 30.5 Å². The van der Waals surface area contributed by atoms with E-state index in [1.807, 2.05) is 0 Å². The van der Waals surface area contributed by atoms with Crippen LogP contribution < -0.4 is 11.0 Å². The SMILES string of the molecule is O=c1nc(NCC(F)F)c2ccc(C(F)(F)F)nc2n1-c1ccccc1. The fraction of sp³-hybridized carbons (Fsp3) is 0.188. The van der Waals surface area contributed by atoms with E-state index in [0.29, 0.717) is 6.07 Å². The van der Waals surface area contributed by atoms with Crippen LogP contribution in [0, 0.1) is 0 Å². The minimum absolute atomic E-state index is 0.0158. The molecule has 0 bridgehead atoms. The molecule has 0 amide bonds. The summed E-state index contributed by atoms with van der Waals surface area (Å²) in [5, 5.41) is 2.28. The Hall–Kier alpha value is -3.04. The van der Waals surface area contributed by atoms with E-state index in [-0.39, 0.29) is 22.5 Å². The Kier molecular flexibility index (Phi) is 4.58. The second kappa shape index (κ2) is 6.70. The van der Waals surface area contributed by atoms with Crippen LogP contribution in [-0.2, 0) is 6.18 Å². The van der Waals surface area contributed by atoms with E-state index in [1.54, 1.807) is 18.2 Å². The third-order valence-electron chi connectivity index (χ3n) is 3.47. The number of hydrogen-bond acceptors (Lipinski definition) is 4. The topological polar surface area (TPSA) is 59.8 Å². The quantitative estimate of drug-likeness (QED) is 0.715. The summed E-state index contributed by atoms with van der Waals surface area (Å²) in [6.45, 7) is -0.808. The highest BCUT2D eigenvalue weighted by Crippen LogP contribution is 2.30. The molecule has 136 valence electrons. The number of alkyl halides is 5. The van der Waals surface area contributed by atoms with Gasteiger partial charge in [-0.3, -0.25) is 0 Å². The molecule has 0 unspecified atom stereocenters. The van der Waals surface area contributed by atoms with Crippen LogP contribution in [0.15, 0.2) is 47.3 Å². The van der Waals surface area contributed by atoms with Gasteiger partial charge in [-0.05, 0) is 24.3 Å². The first-order valence-electron chi connectivity index (χ1n) is 7.36. The average molecular weight is 370 g/mol. The van der Waals surface area contributed by atoms with Crippen molar-refractivity contribution < 1.29 is 22.0 Å². The largest absolute Gasteiger partial charge is 0.433 e. The molecule has 0 saturated heterocycles. The number of nitrogens with zero attached hydrogens (tertiary/aromatic N) is 3. The van der Waals surface area contributed by atoms with Crippen LogP contribution in [0.4, 0.5) is 27.8 Å². The average Bonchev–Trinajstić information content (AvgIpc) is 2.59. The Morgan fingerprint density at radius 3 is 2.35 bits per heavy atom. The minimum atomic E-state index is -4.73. The zero-order valence-corrected chi connectivity index (χ0v) is 13.0. The molecule has 2 heterocycles. The van der Waals surface area contributed by atoms with Crippen molar-refractivity contribution in [2.45, 2.75) is 12.6 Å². The molecule has 10 heteroatoms. The lowest BCUT2D eigenvalue weighted by Crippen LogP contribution is -2.25. The molecule has 0 spiro atoms. The van der Waals surface area contributed by atoms with Gasteiger partial charge in [-0.1, -0.05) is 18.2 Å². The number of benzene rings is 1. The Morgan fingerprint density at radius 2 is 1.73 bits per heavy atom. The van der Waals surface area contributed by atoms with Gasteiger partial charge in [0, 0.05) is 0 Å². The molecule has 0 radical (unpaired) electrons. The summed E-state index contributed by atoms with van der Waals surface area (Å²) in [5.41, 5.74) is -2.22. The van der Waals surface area contributed by atoms with Gasteiger partial charge in [-0.2, -0.15) is 18.2 Å². The van der Waals surface area contributed by atoms with Gasteiger partial charge in [0.05, 0.1) is 17.6 Å². The van der Waals surface area contributed by atoms with Crippen molar-refractivity contribution >= 4 is 16.9 Å². The molecular formula is C16H11F5N4O. The van der Waals surface area contributed by atoms with Gasteiger partial charge in [-0.15, -0.1) is 0 Å². The zero-order valence-electron chi connectivity index (χ0n) is 13.0. The summed E-state index contributed by atoms with van der Waals surface area (Å²) in [7, 11) is 0. The number of rotatable bonds is 4. The van der Waals surface area contributed by atoms with Crippen molar-refractivity contribution in [1.29, 1.82) is 0 Å². The molecule has 0 aliphatic carbocycles. The van der Waals surface area contributed by atoms with E-state index in [2.05, 4.69) is 15.3 Å². The third-order valence-corrected chi connectivity index (χ3v) is 3.47. The molecule has 1 N–H and O–H groups in total. The third kappa shape index (κ3) is 3.48. The summed E-state index contributed by atoms with van der Waals surface area (Å²) in [6, 6.07) is 9.58. The Labute approximate surface area is 143 Å². The molecule has 0 fully saturated rings. The normalized spacial score (nSPS) is 11.9. The summed E-state index contributed by atoms with van der Waals surface area (Å²) in [4.78, 5) is 19.6. The van der Waals surface area contributed by atoms with Crippen LogP contribution >= 0.6 is 0 Å². The molecule has 0 aliphatic heterocycles. The number of pyridine rings is 1. The summed E-state index contributed by atoms with van der Waals surface area (Å²) < 4.78 is 64.9. The van der Waals surface area contributed by atoms with Crippen LogP contribution in [0.5, 0.6) is 0 Å². The van der Waals surface area contributed by atoms with Crippen LogP contribution in [0.3, 0.4) is 0 Å². The smallest absolute Gasteiger partial charge is 0.364 e. The van der Waals surface area contributed by atoms with E-state index >= 15 is 0 Å². The number of fused-ring (bicyclic) bond motifs is 1. The number of hydrogen-bond donors (Lipinski definition) is 1. The van der Waals surface area contributed by atoms with Crippen LogP contribution in [0.25, 0.3) is 16.7 Å². The predicted octanol–water partition coefficient (Wildman–Crippen LogP) is 3.48. The standard InChI is InChI=1S/C16H11F5N4O/c17-12(18)8-22-13-10-6-7-11(16(19,20)21)23-14(10)25(15(26)24-13)9-4-2-1-3-5-9/h1-7,12H,8H2,(H,22,24,26). The maximum absolute atomic E-state index is 13.0. The van der Waals surface area contributed by atoms with Gasteiger partial charge in [0.15, 0.2) is 5.65 Å². The maximum Gasteiger partial charge on any atom is 0.433 e. The number of para-hydroxylation sites is 1. The number of anilines is 1. The second-order valence-electron chi connectivity index (χ2n) is 5.25. The fourth-order valence-electron chi connectivity index (χ4n) is 2.38. The van der Waals surface area contributed by atoms with Gasteiger partial charge in [0.25, 0.3) is 6.43 Å². The highest BCUT2D eigenvalue weighted by Gasteiger charge is 2.33. The van der Waals surface area contributed by atoms with E-state index in [0.717, 1.165) is 10.6 Å². The zero-order chi connectivity index (χ0) is 18.9. The van der Waals surface area contributed by atoms with E-state index in [4.69, 9.17) is 0 Å². The first-order chi connectivity index (χ1) is 12.3. The monoisotopic (exact) mass is 370 g/mol. The Bertz CT molecular complexity index is 986. The lowest BCUT2D eigenvalue weighted by molar-refractivity contribution is -0.141. The molecule has 0 saturated carbocycles. The van der Waals surface area contributed by atoms with Gasteiger partial charge in [-0.25, -0.2) is 23.1 Å². The summed E-state index contributed by atoms with van der Waals surface area (Å²) in [6.07, 6.45) is -7.46. The predicted molar refractivity (Wildman–Crippen MR) is 84.6 cm³/mol. The van der Waals surface area contributed by atoms with Gasteiger partial charge < -0.3 is 5.32 Å². The Balaban J connectivity index is 2.30. The minimum Gasteiger partial charge on any atom is -0.364 e. The number of aromatic nitrogens is 3. The molecule has 1 aromatic carbocycles. The van der Waals surface area contributed by atoms with Gasteiger partial charge in [0.2, 0.25) is 0 Å². The number of halogens is 5. The highest BCUT2D eigenvalue weighted by molar-refractivity contribution is 5.87. The highest BCUT2D eigenvalue weighted by atomic mass is 19.4. The van der Waals surface area contributed by atoms with Crippen LogP contribution in [-0.4, -0.2) is 27.5 Å². The molecule has 0 aliphatic rings. The molecule has 3 rings (SSSR count). The Morgan fingerprint density at radius 1 is 1.04 bits per heavy atom. The van der Waals surface area contributed by atoms with Crippen molar-refractivity contribution in [3.63, 3.8) is 0 Å². The van der Waals surface area contributed by atoms with Crippen molar-refractivity contribution in [1.82, 2.24) is 14.5 Å². The molecule has 3 aromatic rings. The van der Waals surface area contributed by atoms with E-state index in [9.17, 15) is 26.7 Å². The van der Waals surface area contributed by atoms with E-state index in [1.165, 1.54) is 12.1 Å². The fourth-order valence-corrected chi connectivity index (χ4v) is 2.38. The van der Waals surface area contributed by atoms with Crippen molar-refractivity contribution in [2.24, 2.45) is 0 Å². The molecule has 0 atom stereocenters. The number of nitrogens with one attached hydrogen (secondary N) is 1. The van der Waals surface area contributed by atoms with Gasteiger partial charge in [0.1, 0.15) is 11.5 Å². The van der Waals surface area contributed by atoms with Crippen molar-refractivity contribution in [3.8, 4) is 5.69 Å². The first kappa shape index (κ1) is 17.8. The van der Waals surface area contributed by atoms with Crippen molar-refractivity contribution in [2.75, 3.05) is 11.9 Å². The second-order valence-corrected chi connectivity index (χ2v) is 5.25. The lowest BCUT2D eigenvalue weighted by Gasteiger charge is -2.14. The first-order valence-corrected chi connectivity index (χ1v) is 7.36. The molecule has 2 aromatic heterocycles. The molecule has 5 nitrogen and oxygen atoms in total. The molecular weight excluding hydrogens is 359 g/mol. The maximum atomic E-state index is 13.0. The van der Waals surface area contributed by atoms with Crippen LogP contribution in [0.1, 0.15) is 5.69 Å². The summed E-state index contributed by atoms with van der Waals surface area (Å²) >= 11 is 0. The van der Waals surface area contributed by atoms with Crippen molar-refractivity contribution in [3.05, 3.63) is 58.6 Å². The van der Waals surface area contributed by atoms with Gasteiger partial charge >= 0.3 is 11.9 Å².